The number of alkyl halides is 3. The molecule has 168 valence electrons. The van der Waals surface area contributed by atoms with Crippen molar-refractivity contribution in [3.63, 3.8) is 0 Å². The van der Waals surface area contributed by atoms with E-state index in [2.05, 4.69) is 10.4 Å². The Balaban J connectivity index is 1.79. The maximum atomic E-state index is 12.8. The summed E-state index contributed by atoms with van der Waals surface area (Å²) >= 11 is 0. The number of nitrogens with zero attached hydrogens (tertiary/aromatic N) is 2. The lowest BCUT2D eigenvalue weighted by molar-refractivity contribution is -0.142. The highest BCUT2D eigenvalue weighted by Gasteiger charge is 2.32. The van der Waals surface area contributed by atoms with Crippen LogP contribution in [0.1, 0.15) is 26.3 Å². The number of halogens is 3. The van der Waals surface area contributed by atoms with Crippen LogP contribution in [0.25, 0.3) is 11.3 Å². The number of hydrogen-bond acceptors (Lipinski definition) is 5. The lowest BCUT2D eigenvalue weighted by atomic mass is 10.0. The molecule has 2 aromatic carbocycles. The van der Waals surface area contributed by atoms with E-state index in [1.165, 1.54) is 7.11 Å². The van der Waals surface area contributed by atoms with Gasteiger partial charge in [-0.15, -0.1) is 0 Å². The maximum Gasteiger partial charge on any atom is 0.408 e. The number of carbonyl (C=O) groups excluding carboxylic acids is 2. The number of nitrogen functional groups attached to an aromatic ring is 1. The molecule has 2 amide bonds. The first-order chi connectivity index (χ1) is 15.1. The van der Waals surface area contributed by atoms with Crippen molar-refractivity contribution in [1.82, 2.24) is 15.1 Å². The highest BCUT2D eigenvalue weighted by molar-refractivity contribution is 6.03. The number of primary amides is 1. The largest absolute Gasteiger partial charge is 0.496 e. The standard InChI is InChI=1S/C21H20F3N5O3/c1-32-15-5-3-2-4-14(15)20(31)27-10-12-6-8-13(9-7-12)17-16(19(26)30)18(25)29(28-17)11-21(22,23)24/h2-9H,10-11,25H2,1H3,(H2,26,30)(H,27,31). The Morgan fingerprint density at radius 3 is 2.38 bits per heavy atom. The van der Waals surface area contributed by atoms with Crippen molar-refractivity contribution in [1.29, 1.82) is 0 Å². The number of rotatable bonds is 7. The Hall–Kier alpha value is -4.02. The van der Waals surface area contributed by atoms with Gasteiger partial charge in [-0.25, -0.2) is 4.68 Å². The second-order valence-corrected chi connectivity index (χ2v) is 6.83. The van der Waals surface area contributed by atoms with Crippen LogP contribution in [-0.2, 0) is 13.1 Å². The van der Waals surface area contributed by atoms with Crippen LogP contribution in [0, 0.1) is 0 Å². The Morgan fingerprint density at radius 2 is 1.78 bits per heavy atom. The summed E-state index contributed by atoms with van der Waals surface area (Å²) in [6.45, 7) is -1.27. The molecule has 0 fully saturated rings. The van der Waals surface area contributed by atoms with Crippen LogP contribution in [0.3, 0.4) is 0 Å². The van der Waals surface area contributed by atoms with Crippen molar-refractivity contribution in [2.45, 2.75) is 19.3 Å². The number of nitrogens with two attached hydrogens (primary N) is 2. The molecule has 0 spiro atoms. The molecule has 0 aliphatic rings. The van der Waals surface area contributed by atoms with Crippen LogP contribution in [0.15, 0.2) is 48.5 Å². The average Bonchev–Trinajstić information content (AvgIpc) is 3.07. The number of amides is 2. The molecule has 11 heteroatoms. The highest BCUT2D eigenvalue weighted by Crippen LogP contribution is 2.29. The number of anilines is 1. The van der Waals surface area contributed by atoms with Gasteiger partial charge >= 0.3 is 6.18 Å². The van der Waals surface area contributed by atoms with Gasteiger partial charge in [0.1, 0.15) is 29.4 Å². The number of ether oxygens (including phenoxy) is 1. The van der Waals surface area contributed by atoms with Crippen LogP contribution in [0.2, 0.25) is 0 Å². The third-order valence-corrected chi connectivity index (χ3v) is 4.60. The molecule has 3 rings (SSSR count). The van der Waals surface area contributed by atoms with E-state index >= 15 is 0 Å². The molecule has 0 aliphatic heterocycles. The van der Waals surface area contributed by atoms with Crippen LogP contribution in [0.4, 0.5) is 19.0 Å². The number of nitrogens with one attached hydrogen (secondary N) is 1. The van der Waals surface area contributed by atoms with E-state index in [0.29, 0.717) is 27.1 Å². The Kier molecular flexibility index (Phi) is 6.37. The van der Waals surface area contributed by atoms with Crippen molar-refractivity contribution < 1.29 is 27.5 Å². The molecule has 0 radical (unpaired) electrons. The molecular formula is C21H20F3N5O3. The molecule has 8 nitrogen and oxygen atoms in total. The number of aromatic nitrogens is 2. The van der Waals surface area contributed by atoms with Gasteiger partial charge in [-0.05, 0) is 17.7 Å². The smallest absolute Gasteiger partial charge is 0.408 e. The molecule has 1 heterocycles. The van der Waals surface area contributed by atoms with E-state index in [-0.39, 0.29) is 23.7 Å². The van der Waals surface area contributed by atoms with Crippen LogP contribution in [0.5, 0.6) is 5.75 Å². The Morgan fingerprint density at radius 1 is 1.12 bits per heavy atom. The molecule has 0 bridgehead atoms. The SMILES string of the molecule is COc1ccccc1C(=O)NCc1ccc(-c2nn(CC(F)(F)F)c(N)c2C(N)=O)cc1. The fraction of sp³-hybridized carbons (Fsp3) is 0.190. The van der Waals surface area contributed by atoms with Gasteiger partial charge in [0.2, 0.25) is 0 Å². The normalized spacial score (nSPS) is 11.2. The van der Waals surface area contributed by atoms with Gasteiger partial charge in [0.15, 0.2) is 0 Å². The molecule has 5 N–H and O–H groups in total. The van der Waals surface area contributed by atoms with E-state index in [9.17, 15) is 22.8 Å². The van der Waals surface area contributed by atoms with Gasteiger partial charge in [-0.2, -0.15) is 18.3 Å². The highest BCUT2D eigenvalue weighted by atomic mass is 19.4. The molecule has 3 aromatic rings. The van der Waals surface area contributed by atoms with Crippen molar-refractivity contribution in [3.8, 4) is 17.0 Å². The first-order valence-corrected chi connectivity index (χ1v) is 9.34. The topological polar surface area (TPSA) is 125 Å². The van der Waals surface area contributed by atoms with Crippen molar-refractivity contribution in [2.75, 3.05) is 12.8 Å². The zero-order chi connectivity index (χ0) is 23.5. The Bertz CT molecular complexity index is 1140. The maximum absolute atomic E-state index is 12.8. The van der Waals surface area contributed by atoms with Crippen molar-refractivity contribution >= 4 is 17.6 Å². The summed E-state index contributed by atoms with van der Waals surface area (Å²) < 4.78 is 44.0. The minimum atomic E-state index is -4.57. The fourth-order valence-corrected chi connectivity index (χ4v) is 3.10. The molecule has 1 aromatic heterocycles. The zero-order valence-electron chi connectivity index (χ0n) is 16.9. The molecule has 0 aliphatic carbocycles. The van der Waals surface area contributed by atoms with E-state index < -0.39 is 24.4 Å². The predicted molar refractivity (Wildman–Crippen MR) is 111 cm³/mol. The van der Waals surface area contributed by atoms with Crippen LogP contribution < -0.4 is 21.5 Å². The first-order valence-electron chi connectivity index (χ1n) is 9.34. The number of carbonyl (C=O) groups is 2. The summed E-state index contributed by atoms with van der Waals surface area (Å²) in [4.78, 5) is 24.2. The summed E-state index contributed by atoms with van der Waals surface area (Å²) in [6, 6.07) is 13.1. The molecular weight excluding hydrogens is 427 g/mol. The number of benzene rings is 2. The number of para-hydroxylation sites is 1. The number of methoxy groups -OCH3 is 1. The van der Waals surface area contributed by atoms with E-state index in [1.807, 2.05) is 0 Å². The van der Waals surface area contributed by atoms with Gasteiger partial charge in [0, 0.05) is 12.1 Å². The summed E-state index contributed by atoms with van der Waals surface area (Å²) in [6.07, 6.45) is -4.57. The monoisotopic (exact) mass is 447 g/mol. The van der Waals surface area contributed by atoms with Gasteiger partial charge in [-0.3, -0.25) is 9.59 Å². The summed E-state index contributed by atoms with van der Waals surface area (Å²) in [5.41, 5.74) is 12.1. The van der Waals surface area contributed by atoms with E-state index in [4.69, 9.17) is 16.2 Å². The van der Waals surface area contributed by atoms with Crippen LogP contribution >= 0.6 is 0 Å². The third kappa shape index (κ3) is 4.99. The van der Waals surface area contributed by atoms with Gasteiger partial charge in [-0.1, -0.05) is 36.4 Å². The molecule has 32 heavy (non-hydrogen) atoms. The zero-order valence-corrected chi connectivity index (χ0v) is 16.9. The second kappa shape index (κ2) is 9.00. The number of hydrogen-bond donors (Lipinski definition) is 3. The average molecular weight is 447 g/mol. The lowest BCUT2D eigenvalue weighted by Gasteiger charge is -2.09. The minimum Gasteiger partial charge on any atom is -0.496 e. The molecule has 0 saturated carbocycles. The molecule has 0 unspecified atom stereocenters. The summed E-state index contributed by atoms with van der Waals surface area (Å²) in [7, 11) is 1.47. The van der Waals surface area contributed by atoms with E-state index in [1.54, 1.807) is 48.5 Å². The third-order valence-electron chi connectivity index (χ3n) is 4.60. The van der Waals surface area contributed by atoms with Crippen LogP contribution in [-0.4, -0.2) is 34.9 Å². The van der Waals surface area contributed by atoms with Gasteiger partial charge < -0.3 is 21.5 Å². The second-order valence-electron chi connectivity index (χ2n) is 6.83. The predicted octanol–water partition coefficient (Wildman–Crippen LogP) is 2.73. The molecule has 0 saturated heterocycles. The molecule has 0 atom stereocenters. The van der Waals surface area contributed by atoms with Gasteiger partial charge in [0.05, 0.1) is 12.7 Å². The Labute approximate surface area is 181 Å². The first kappa shape index (κ1) is 22.7. The lowest BCUT2D eigenvalue weighted by Crippen LogP contribution is -2.23. The van der Waals surface area contributed by atoms with Crippen molar-refractivity contribution in [3.05, 3.63) is 65.2 Å². The van der Waals surface area contributed by atoms with Gasteiger partial charge in [0.25, 0.3) is 11.8 Å². The van der Waals surface area contributed by atoms with E-state index in [0.717, 1.165) is 0 Å². The fourth-order valence-electron chi connectivity index (χ4n) is 3.10. The minimum absolute atomic E-state index is 0.0520. The summed E-state index contributed by atoms with van der Waals surface area (Å²) in [5.74, 6) is -1.34. The quantitative estimate of drug-likeness (QED) is 0.514. The van der Waals surface area contributed by atoms with Crippen molar-refractivity contribution in [2.24, 2.45) is 5.73 Å². The summed E-state index contributed by atoms with van der Waals surface area (Å²) in [5, 5.41) is 6.60.